The summed E-state index contributed by atoms with van der Waals surface area (Å²) < 4.78 is 17.1. The summed E-state index contributed by atoms with van der Waals surface area (Å²) in [6, 6.07) is -0.597. The molecule has 266 valence electrons. The lowest BCUT2D eigenvalue weighted by Crippen LogP contribution is -2.59. The Bertz CT molecular complexity index is 1370. The Kier molecular flexibility index (Phi) is 10.3. The van der Waals surface area contributed by atoms with E-state index < -0.39 is 58.9 Å². The molecular formula is C37H53NO10. The Balaban J connectivity index is 1.20. The van der Waals surface area contributed by atoms with Crippen LogP contribution in [0.4, 0.5) is 0 Å². The molecular weight excluding hydrogens is 618 g/mol. The minimum absolute atomic E-state index is 0.0360. The first-order valence-electron chi connectivity index (χ1n) is 17.8. The van der Waals surface area contributed by atoms with Gasteiger partial charge in [-0.05, 0) is 107 Å². The molecule has 11 heteroatoms. The van der Waals surface area contributed by atoms with E-state index in [2.05, 4.69) is 19.2 Å². The molecule has 0 spiro atoms. The topological polar surface area (TPSA) is 162 Å². The van der Waals surface area contributed by atoms with Gasteiger partial charge in [0, 0.05) is 37.8 Å². The van der Waals surface area contributed by atoms with E-state index in [0.717, 1.165) is 32.1 Å². The number of hydrogen-bond acceptors (Lipinski definition) is 9. The quantitative estimate of drug-likeness (QED) is 0.290. The molecule has 0 radical (unpaired) electrons. The molecule has 11 nitrogen and oxygen atoms in total. The molecule has 0 aromatic carbocycles. The van der Waals surface area contributed by atoms with E-state index >= 15 is 0 Å². The highest BCUT2D eigenvalue weighted by Gasteiger charge is 2.68. The first kappa shape index (κ1) is 36.2. The van der Waals surface area contributed by atoms with Crippen LogP contribution in [0.5, 0.6) is 0 Å². The average Bonchev–Trinajstić information content (AvgIpc) is 3.30. The van der Waals surface area contributed by atoms with Crippen LogP contribution in [0.3, 0.4) is 0 Å². The van der Waals surface area contributed by atoms with Gasteiger partial charge in [0.15, 0.2) is 18.0 Å². The third-order valence-corrected chi connectivity index (χ3v) is 12.8. The van der Waals surface area contributed by atoms with Crippen LogP contribution in [0.2, 0.25) is 0 Å². The van der Waals surface area contributed by atoms with Crippen molar-refractivity contribution in [3.05, 3.63) is 11.6 Å². The minimum atomic E-state index is -1.41. The van der Waals surface area contributed by atoms with Crippen molar-refractivity contribution in [2.45, 2.75) is 135 Å². The highest BCUT2D eigenvalue weighted by molar-refractivity contribution is 5.93. The van der Waals surface area contributed by atoms with Crippen LogP contribution in [-0.2, 0) is 43.0 Å². The van der Waals surface area contributed by atoms with Crippen molar-refractivity contribution in [1.82, 2.24) is 5.32 Å². The minimum Gasteiger partial charge on any atom is -0.481 e. The predicted octanol–water partition coefficient (Wildman–Crippen LogP) is 4.88. The average molecular weight is 672 g/mol. The van der Waals surface area contributed by atoms with E-state index in [1.54, 1.807) is 0 Å². The third kappa shape index (κ3) is 6.98. The molecule has 1 aliphatic heterocycles. The van der Waals surface area contributed by atoms with Crippen LogP contribution >= 0.6 is 0 Å². The van der Waals surface area contributed by atoms with Gasteiger partial charge >= 0.3 is 17.9 Å². The lowest BCUT2D eigenvalue weighted by molar-refractivity contribution is -0.191. The normalized spacial score (nSPS) is 35.9. The third-order valence-electron chi connectivity index (χ3n) is 12.8. The number of Topliss-reactive ketones (excluding diaryl/α,β-unsaturated/α-hetero) is 1. The maximum absolute atomic E-state index is 14.0. The van der Waals surface area contributed by atoms with Gasteiger partial charge in [-0.15, -0.1) is 0 Å². The first-order valence-corrected chi connectivity index (χ1v) is 17.8. The van der Waals surface area contributed by atoms with E-state index in [4.69, 9.17) is 14.2 Å². The number of fused-ring (bicyclic) bond motifs is 5. The fourth-order valence-corrected chi connectivity index (χ4v) is 10.5. The molecule has 48 heavy (non-hydrogen) atoms. The number of carbonyl (C=O) groups excluding carboxylic acids is 5. The van der Waals surface area contributed by atoms with Crippen molar-refractivity contribution in [1.29, 1.82) is 0 Å². The molecule has 8 atom stereocenters. The van der Waals surface area contributed by atoms with Crippen molar-refractivity contribution in [2.75, 3.05) is 13.2 Å². The van der Waals surface area contributed by atoms with Crippen LogP contribution < -0.4 is 5.32 Å². The Hall–Kier alpha value is -3.08. The lowest BCUT2D eigenvalue weighted by Gasteiger charge is -2.59. The van der Waals surface area contributed by atoms with Crippen molar-refractivity contribution in [3.63, 3.8) is 0 Å². The van der Waals surface area contributed by atoms with Gasteiger partial charge in [-0.25, -0.2) is 0 Å². The second-order valence-electron chi connectivity index (χ2n) is 16.1. The molecule has 4 aliphatic carbocycles. The number of ether oxygens (including phenoxy) is 3. The van der Waals surface area contributed by atoms with Crippen LogP contribution in [0, 0.1) is 34.5 Å². The van der Waals surface area contributed by atoms with Gasteiger partial charge in [0.2, 0.25) is 11.7 Å². The second kappa shape index (κ2) is 13.7. The zero-order valence-corrected chi connectivity index (χ0v) is 29.2. The maximum atomic E-state index is 14.0. The summed E-state index contributed by atoms with van der Waals surface area (Å²) in [7, 11) is 0. The highest BCUT2D eigenvalue weighted by Crippen LogP contribution is 2.68. The molecule has 0 unspecified atom stereocenters. The van der Waals surface area contributed by atoms with Crippen molar-refractivity contribution in [3.8, 4) is 0 Å². The van der Waals surface area contributed by atoms with Gasteiger partial charge in [0.05, 0.1) is 18.4 Å². The largest absolute Gasteiger partial charge is 0.481 e. The summed E-state index contributed by atoms with van der Waals surface area (Å²) in [5.74, 6) is -2.20. The zero-order chi connectivity index (χ0) is 35.1. The van der Waals surface area contributed by atoms with Gasteiger partial charge in [-0.1, -0.05) is 19.4 Å². The maximum Gasteiger partial charge on any atom is 0.306 e. The smallest absolute Gasteiger partial charge is 0.306 e. The van der Waals surface area contributed by atoms with Gasteiger partial charge in [-0.3, -0.25) is 28.8 Å². The Labute approximate surface area is 283 Å². The number of hydrogen-bond donors (Lipinski definition) is 2. The number of rotatable bonds is 11. The van der Waals surface area contributed by atoms with Crippen LogP contribution in [0.1, 0.15) is 118 Å². The monoisotopic (exact) mass is 671 g/mol. The zero-order valence-electron chi connectivity index (χ0n) is 29.2. The molecule has 5 rings (SSSR count). The van der Waals surface area contributed by atoms with Crippen molar-refractivity contribution in [2.24, 2.45) is 34.5 Å². The number of allylic oxidation sites excluding steroid dienone is 1. The number of nitrogens with one attached hydrogen (secondary N) is 1. The van der Waals surface area contributed by atoms with Crippen LogP contribution in [0.25, 0.3) is 0 Å². The number of carbonyl (C=O) groups is 6. The van der Waals surface area contributed by atoms with E-state index in [0.29, 0.717) is 50.5 Å². The van der Waals surface area contributed by atoms with E-state index in [9.17, 15) is 33.9 Å². The highest BCUT2D eigenvalue weighted by atomic mass is 16.6. The first-order chi connectivity index (χ1) is 22.5. The summed E-state index contributed by atoms with van der Waals surface area (Å²) in [5.41, 5.74) is -1.23. The number of carboxylic acids is 1. The SMILES string of the molecule is CC(=O)O[C@]1(C(=O)COC(=O)CCC(=O)N[C@H](CC(=O)O)[C@@H]2CCOC(C)(C)C2)CC[C@@H]2[C@@H]3CCC4=CC(=O)CC[C@]4(C)[C@@H]3CC[C@@]21C. The van der Waals surface area contributed by atoms with Crippen molar-refractivity contribution >= 4 is 35.4 Å². The van der Waals surface area contributed by atoms with E-state index in [1.165, 1.54) is 12.5 Å². The fourth-order valence-electron chi connectivity index (χ4n) is 10.5. The van der Waals surface area contributed by atoms with Gasteiger partial charge < -0.3 is 24.6 Å². The van der Waals surface area contributed by atoms with Crippen molar-refractivity contribution < 1.29 is 48.1 Å². The molecule has 1 saturated heterocycles. The number of carboxylic acid groups (broad SMARTS) is 1. The van der Waals surface area contributed by atoms with Gasteiger partial charge in [-0.2, -0.15) is 0 Å². The number of amides is 1. The molecule has 3 saturated carbocycles. The van der Waals surface area contributed by atoms with Gasteiger partial charge in [0.1, 0.15) is 0 Å². The van der Waals surface area contributed by atoms with Crippen LogP contribution in [0.15, 0.2) is 11.6 Å². The second-order valence-corrected chi connectivity index (χ2v) is 16.1. The molecule has 5 aliphatic rings. The summed E-state index contributed by atoms with van der Waals surface area (Å²) >= 11 is 0. The van der Waals surface area contributed by atoms with Gasteiger partial charge in [0.25, 0.3) is 0 Å². The molecule has 0 aromatic rings. The summed E-state index contributed by atoms with van der Waals surface area (Å²) in [4.78, 5) is 75.9. The predicted molar refractivity (Wildman–Crippen MR) is 173 cm³/mol. The Morgan fingerprint density at radius 2 is 1.71 bits per heavy atom. The number of ketones is 2. The standard InChI is InChI=1S/C37H53NO10/c1-22(39)48-37(16-12-28-26-7-6-24-18-25(40)10-14-35(24,4)27(26)11-15-36(28,37)5)30(41)21-46-33(45)9-8-31(42)38-29(19-32(43)44)23-13-17-47-34(2,3)20-23/h18,23,26-29H,6-17,19-21H2,1-5H3,(H,38,42)(H,43,44)/t23-,26-,27-,28-,29-,35+,36+,37+/m1/s1. The fraction of sp³-hybridized carbons (Fsp3) is 0.784. The van der Waals surface area contributed by atoms with Crippen LogP contribution in [-0.4, -0.2) is 70.9 Å². The summed E-state index contributed by atoms with van der Waals surface area (Å²) in [5, 5.41) is 12.2. The summed E-state index contributed by atoms with van der Waals surface area (Å²) in [6.07, 6.45) is 8.19. The molecule has 0 bridgehead atoms. The molecule has 1 heterocycles. The molecule has 1 amide bonds. The number of esters is 2. The lowest BCUT2D eigenvalue weighted by atomic mass is 9.46. The Morgan fingerprint density at radius 1 is 0.979 bits per heavy atom. The molecule has 0 aromatic heterocycles. The number of aliphatic carboxylic acids is 1. The van der Waals surface area contributed by atoms with E-state index in [-0.39, 0.29) is 42.3 Å². The summed E-state index contributed by atoms with van der Waals surface area (Å²) in [6.45, 7) is 9.43. The van der Waals surface area contributed by atoms with E-state index in [1.807, 2.05) is 19.9 Å². The molecule has 2 N–H and O–H groups in total. The molecule has 4 fully saturated rings. The Morgan fingerprint density at radius 3 is 2.40 bits per heavy atom.